The minimum absolute atomic E-state index is 0.802. The van der Waals surface area contributed by atoms with Crippen molar-refractivity contribution in [2.75, 3.05) is 0 Å². The van der Waals surface area contributed by atoms with Gasteiger partial charge in [-0.25, -0.2) is 9.97 Å². The van der Waals surface area contributed by atoms with Crippen LogP contribution in [0.25, 0.3) is 111 Å². The molecule has 0 saturated heterocycles. The van der Waals surface area contributed by atoms with Gasteiger partial charge in [0.2, 0.25) is 0 Å². The Morgan fingerprint density at radius 1 is 0.382 bits per heavy atom. The second-order valence-electron chi connectivity index (χ2n) is 13.8. The fraction of sp³-hybridized carbons (Fsp3) is 0. The average Bonchev–Trinajstić information content (AvgIpc) is 3.66. The second-order valence-corrected chi connectivity index (χ2v) is 13.8. The molecule has 0 aliphatic rings. The van der Waals surface area contributed by atoms with Crippen LogP contribution < -0.4 is 0 Å². The molecule has 5 heterocycles. The Kier molecular flexibility index (Phi) is 7.10. The highest BCUT2D eigenvalue weighted by Crippen LogP contribution is 2.43. The standard InChI is InChI=1S/C50H30N4O/c1-2-12-36-34(11-1)27-41(38-14-4-3-13-37(36)38)49-50-48(40-15-5-6-18-47(40)55-50)39-24-23-33(28-44(39)54-49)31-19-21-32(22-20-31)35-29-45(42-16-7-9-25-51-42)53-46(30-35)43-17-8-10-26-52-43/h1-30H. The average molecular weight is 703 g/mol. The van der Waals surface area contributed by atoms with E-state index in [1.54, 1.807) is 12.4 Å². The summed E-state index contributed by atoms with van der Waals surface area (Å²) in [5, 5.41) is 7.97. The van der Waals surface area contributed by atoms with Crippen molar-refractivity contribution in [3.63, 3.8) is 0 Å². The van der Waals surface area contributed by atoms with Crippen molar-refractivity contribution >= 4 is 54.4 Å². The fourth-order valence-electron chi connectivity index (χ4n) is 7.94. The number of fused-ring (bicyclic) bond motifs is 8. The van der Waals surface area contributed by atoms with Gasteiger partial charge in [0.15, 0.2) is 5.58 Å². The largest absolute Gasteiger partial charge is 0.454 e. The Morgan fingerprint density at radius 3 is 1.69 bits per heavy atom. The molecule has 0 saturated carbocycles. The molecule has 11 rings (SSSR count). The van der Waals surface area contributed by atoms with E-state index in [0.29, 0.717) is 0 Å². The van der Waals surface area contributed by atoms with E-state index in [0.717, 1.165) is 94.5 Å². The molecule has 0 aliphatic carbocycles. The van der Waals surface area contributed by atoms with Crippen molar-refractivity contribution in [1.82, 2.24) is 19.9 Å². The van der Waals surface area contributed by atoms with Crippen molar-refractivity contribution in [3.05, 3.63) is 182 Å². The van der Waals surface area contributed by atoms with Gasteiger partial charge in [-0.3, -0.25) is 9.97 Å². The van der Waals surface area contributed by atoms with Gasteiger partial charge in [-0.15, -0.1) is 0 Å². The summed E-state index contributed by atoms with van der Waals surface area (Å²) in [5.41, 5.74) is 12.0. The van der Waals surface area contributed by atoms with Gasteiger partial charge >= 0.3 is 0 Å². The molecule has 0 fully saturated rings. The quantitative estimate of drug-likeness (QED) is 0.167. The van der Waals surface area contributed by atoms with E-state index < -0.39 is 0 Å². The summed E-state index contributed by atoms with van der Waals surface area (Å²) in [5.74, 6) is 0. The second kappa shape index (κ2) is 12.6. The summed E-state index contributed by atoms with van der Waals surface area (Å²) in [6, 6.07) is 59.0. The molecule has 55 heavy (non-hydrogen) atoms. The first-order valence-corrected chi connectivity index (χ1v) is 18.4. The van der Waals surface area contributed by atoms with Crippen LogP contribution in [0, 0.1) is 0 Å². The number of pyridine rings is 4. The van der Waals surface area contributed by atoms with Crippen LogP contribution in [0.5, 0.6) is 0 Å². The Hall–Kier alpha value is -7.50. The Morgan fingerprint density at radius 2 is 0.982 bits per heavy atom. The number of hydrogen-bond acceptors (Lipinski definition) is 5. The summed E-state index contributed by atoms with van der Waals surface area (Å²) in [4.78, 5) is 19.6. The summed E-state index contributed by atoms with van der Waals surface area (Å²) >= 11 is 0. The highest BCUT2D eigenvalue weighted by molar-refractivity contribution is 6.23. The van der Waals surface area contributed by atoms with E-state index in [2.05, 4.69) is 131 Å². The van der Waals surface area contributed by atoms with E-state index in [4.69, 9.17) is 14.4 Å². The molecular formula is C50H30N4O. The summed E-state index contributed by atoms with van der Waals surface area (Å²) in [7, 11) is 0. The minimum Gasteiger partial charge on any atom is -0.454 e. The van der Waals surface area contributed by atoms with E-state index >= 15 is 0 Å². The zero-order valence-corrected chi connectivity index (χ0v) is 29.5. The lowest BCUT2D eigenvalue weighted by molar-refractivity contribution is 0.669. The lowest BCUT2D eigenvalue weighted by Gasteiger charge is -2.13. The van der Waals surface area contributed by atoms with Gasteiger partial charge in [-0.1, -0.05) is 115 Å². The van der Waals surface area contributed by atoms with E-state index in [9.17, 15) is 0 Å². The normalized spacial score (nSPS) is 11.6. The fourth-order valence-corrected chi connectivity index (χ4v) is 7.94. The molecule has 256 valence electrons. The monoisotopic (exact) mass is 702 g/mol. The van der Waals surface area contributed by atoms with Crippen molar-refractivity contribution in [1.29, 1.82) is 0 Å². The molecule has 0 bridgehead atoms. The molecule has 5 nitrogen and oxygen atoms in total. The number of nitrogens with zero attached hydrogens (tertiary/aromatic N) is 4. The third-order valence-electron chi connectivity index (χ3n) is 10.6. The van der Waals surface area contributed by atoms with E-state index in [1.165, 1.54) is 16.2 Å². The van der Waals surface area contributed by atoms with Crippen LogP contribution in [0.1, 0.15) is 0 Å². The van der Waals surface area contributed by atoms with Crippen LogP contribution in [0.2, 0.25) is 0 Å². The molecular weight excluding hydrogens is 673 g/mol. The van der Waals surface area contributed by atoms with Crippen molar-refractivity contribution in [2.45, 2.75) is 0 Å². The van der Waals surface area contributed by atoms with Gasteiger partial charge in [-0.05, 0) is 98.4 Å². The van der Waals surface area contributed by atoms with Gasteiger partial charge in [-0.2, -0.15) is 0 Å². The Labute approximate surface area is 316 Å². The number of furan rings is 1. The lowest BCUT2D eigenvalue weighted by Crippen LogP contribution is -1.94. The maximum absolute atomic E-state index is 6.68. The van der Waals surface area contributed by atoms with Gasteiger partial charge in [0, 0.05) is 34.1 Å². The smallest absolute Gasteiger partial charge is 0.162 e. The third-order valence-corrected chi connectivity index (χ3v) is 10.6. The SMILES string of the molecule is c1ccc(-c2cc(-c3ccc(-c4ccc5c(c4)nc(-c4cc6ccccc6c6ccccc46)c4oc6ccccc6c45)cc3)cc(-c3ccccn3)n2)nc1. The number of rotatable bonds is 5. The van der Waals surface area contributed by atoms with Crippen molar-refractivity contribution < 1.29 is 4.42 Å². The van der Waals surface area contributed by atoms with E-state index in [-0.39, 0.29) is 0 Å². The van der Waals surface area contributed by atoms with Crippen LogP contribution in [0.4, 0.5) is 0 Å². The number of benzene rings is 6. The van der Waals surface area contributed by atoms with Crippen LogP contribution in [-0.2, 0) is 0 Å². The molecule has 0 unspecified atom stereocenters. The molecule has 0 radical (unpaired) electrons. The van der Waals surface area contributed by atoms with Crippen LogP contribution in [0.3, 0.4) is 0 Å². The predicted octanol–water partition coefficient (Wildman–Crippen LogP) is 13.0. The highest BCUT2D eigenvalue weighted by atomic mass is 16.3. The molecule has 0 N–H and O–H groups in total. The van der Waals surface area contributed by atoms with Crippen molar-refractivity contribution in [2.24, 2.45) is 0 Å². The first-order chi connectivity index (χ1) is 27.2. The maximum Gasteiger partial charge on any atom is 0.162 e. The number of para-hydroxylation sites is 1. The van der Waals surface area contributed by atoms with Crippen LogP contribution >= 0.6 is 0 Å². The number of aromatic nitrogens is 4. The molecule has 6 aromatic carbocycles. The van der Waals surface area contributed by atoms with Gasteiger partial charge < -0.3 is 4.42 Å². The summed E-state index contributed by atoms with van der Waals surface area (Å²) < 4.78 is 6.68. The van der Waals surface area contributed by atoms with Crippen LogP contribution in [0.15, 0.2) is 187 Å². The molecule has 5 heteroatoms. The van der Waals surface area contributed by atoms with Gasteiger partial charge in [0.1, 0.15) is 11.3 Å². The molecule has 0 aliphatic heterocycles. The Balaban J connectivity index is 1.07. The molecule has 0 spiro atoms. The first-order valence-electron chi connectivity index (χ1n) is 18.4. The Bertz CT molecular complexity index is 3190. The van der Waals surface area contributed by atoms with Crippen molar-refractivity contribution in [3.8, 4) is 56.3 Å². The van der Waals surface area contributed by atoms with Gasteiger partial charge in [0.05, 0.1) is 28.3 Å². The highest BCUT2D eigenvalue weighted by Gasteiger charge is 2.20. The third kappa shape index (κ3) is 5.24. The predicted molar refractivity (Wildman–Crippen MR) is 225 cm³/mol. The zero-order valence-electron chi connectivity index (χ0n) is 29.5. The molecule has 11 aromatic rings. The summed E-state index contributed by atoms with van der Waals surface area (Å²) in [6.45, 7) is 0. The summed E-state index contributed by atoms with van der Waals surface area (Å²) in [6.07, 6.45) is 3.59. The molecule has 0 atom stereocenters. The number of hydrogen-bond donors (Lipinski definition) is 0. The van der Waals surface area contributed by atoms with Gasteiger partial charge in [0.25, 0.3) is 0 Å². The zero-order chi connectivity index (χ0) is 36.3. The first kappa shape index (κ1) is 31.1. The molecule has 5 aromatic heterocycles. The maximum atomic E-state index is 6.68. The lowest BCUT2D eigenvalue weighted by atomic mass is 9.93. The topological polar surface area (TPSA) is 64.7 Å². The van der Waals surface area contributed by atoms with Crippen LogP contribution in [-0.4, -0.2) is 19.9 Å². The minimum atomic E-state index is 0.802. The molecule has 0 amide bonds. The van der Waals surface area contributed by atoms with E-state index in [1.807, 2.05) is 48.5 Å².